The summed E-state index contributed by atoms with van der Waals surface area (Å²) in [6, 6.07) is 1.94. The molecule has 0 aromatic carbocycles. The van der Waals surface area contributed by atoms with Gasteiger partial charge in [0.2, 0.25) is 0 Å². The van der Waals surface area contributed by atoms with Crippen molar-refractivity contribution in [2.45, 2.75) is 44.1 Å². The number of likely N-dealkylation sites (tertiary alicyclic amines) is 1. The maximum atomic E-state index is 13.1. The molecule has 1 saturated heterocycles. The van der Waals surface area contributed by atoms with Crippen LogP contribution in [0.1, 0.15) is 44.1 Å². The molecule has 0 unspecified atom stereocenters. The average Bonchev–Trinajstić information content (AvgIpc) is 3.19. The van der Waals surface area contributed by atoms with E-state index < -0.39 is 5.60 Å². The number of thiophene rings is 1. The van der Waals surface area contributed by atoms with Gasteiger partial charge < -0.3 is 33.6 Å². The fourth-order valence-corrected chi connectivity index (χ4v) is 5.16. The molecular formula is C18H28INO2S. The van der Waals surface area contributed by atoms with E-state index in [0.29, 0.717) is 12.3 Å². The SMILES string of the molecule is C[N+]1(C)CC[C@@H](CC(=O)[C@](O)(c2ccsc2)C2CCCC2)C1.[I-]. The Kier molecular flexibility index (Phi) is 6.31. The number of halogens is 1. The molecule has 2 aliphatic rings. The molecule has 1 N–H and O–H groups in total. The lowest BCUT2D eigenvalue weighted by atomic mass is 9.75. The first-order valence-electron chi connectivity index (χ1n) is 8.52. The molecule has 2 fully saturated rings. The molecule has 2 atom stereocenters. The predicted octanol–water partition coefficient (Wildman–Crippen LogP) is 0.185. The van der Waals surface area contributed by atoms with Crippen LogP contribution in [0, 0.1) is 11.8 Å². The lowest BCUT2D eigenvalue weighted by Gasteiger charge is -2.33. The number of quaternary nitrogens is 1. The first-order valence-corrected chi connectivity index (χ1v) is 9.46. The molecule has 0 spiro atoms. The van der Waals surface area contributed by atoms with Crippen molar-refractivity contribution in [3.63, 3.8) is 0 Å². The van der Waals surface area contributed by atoms with Crippen molar-refractivity contribution >= 4 is 17.1 Å². The van der Waals surface area contributed by atoms with Gasteiger partial charge in [-0.05, 0) is 35.6 Å². The quantitative estimate of drug-likeness (QED) is 0.515. The Morgan fingerprint density at radius 1 is 1.35 bits per heavy atom. The minimum Gasteiger partial charge on any atom is -1.00 e. The van der Waals surface area contributed by atoms with Crippen LogP contribution in [0.2, 0.25) is 0 Å². The highest BCUT2D eigenvalue weighted by Crippen LogP contribution is 2.43. The number of nitrogens with zero attached hydrogens (tertiary/aromatic N) is 1. The van der Waals surface area contributed by atoms with Gasteiger partial charge in [0.05, 0.1) is 27.2 Å². The average molecular weight is 449 g/mol. The Balaban J connectivity index is 0.00000192. The largest absolute Gasteiger partial charge is 1.00 e. The minimum atomic E-state index is -1.24. The molecular weight excluding hydrogens is 421 g/mol. The van der Waals surface area contributed by atoms with Crippen molar-refractivity contribution in [2.75, 3.05) is 27.2 Å². The van der Waals surface area contributed by atoms with Gasteiger partial charge in [-0.2, -0.15) is 11.3 Å². The molecule has 2 heterocycles. The minimum absolute atomic E-state index is 0. The number of ketones is 1. The standard InChI is InChI=1S/C18H28NO2S.HI/c1-19(2)9-7-14(12-19)11-17(20)18(21,15-5-3-4-6-15)16-8-10-22-13-16;/h8,10,13-15,21H,3-7,9,11-12H2,1-2H3;1H/q+1;/p-1/t14-,18+;/m0./s1. The van der Waals surface area contributed by atoms with Crippen molar-refractivity contribution in [3.05, 3.63) is 22.4 Å². The van der Waals surface area contributed by atoms with E-state index in [1.54, 1.807) is 11.3 Å². The van der Waals surface area contributed by atoms with Gasteiger partial charge in [-0.15, -0.1) is 0 Å². The summed E-state index contributed by atoms with van der Waals surface area (Å²) < 4.78 is 0.998. The highest BCUT2D eigenvalue weighted by molar-refractivity contribution is 7.08. The number of hydrogen-bond donors (Lipinski definition) is 1. The summed E-state index contributed by atoms with van der Waals surface area (Å²) >= 11 is 1.57. The molecule has 1 aliphatic heterocycles. The van der Waals surface area contributed by atoms with E-state index in [9.17, 15) is 9.90 Å². The van der Waals surface area contributed by atoms with E-state index in [-0.39, 0.29) is 35.7 Å². The van der Waals surface area contributed by atoms with Crippen molar-refractivity contribution < 1.29 is 38.4 Å². The van der Waals surface area contributed by atoms with Gasteiger partial charge >= 0.3 is 0 Å². The zero-order valence-electron chi connectivity index (χ0n) is 14.1. The zero-order chi connectivity index (χ0) is 15.8. The normalized spacial score (nSPS) is 26.7. The third-order valence-corrected chi connectivity index (χ3v) is 6.38. The zero-order valence-corrected chi connectivity index (χ0v) is 17.1. The van der Waals surface area contributed by atoms with Gasteiger partial charge in [-0.1, -0.05) is 12.8 Å². The lowest BCUT2D eigenvalue weighted by molar-refractivity contribution is -0.879. The highest BCUT2D eigenvalue weighted by Gasteiger charge is 2.47. The van der Waals surface area contributed by atoms with Crippen LogP contribution in [-0.2, 0) is 10.4 Å². The van der Waals surface area contributed by atoms with Gasteiger partial charge in [0.15, 0.2) is 11.4 Å². The van der Waals surface area contributed by atoms with Crippen LogP contribution in [0.15, 0.2) is 16.8 Å². The summed E-state index contributed by atoms with van der Waals surface area (Å²) in [6.45, 7) is 2.19. The monoisotopic (exact) mass is 449 g/mol. The summed E-state index contributed by atoms with van der Waals surface area (Å²) in [5.41, 5.74) is -0.405. The third-order valence-electron chi connectivity index (χ3n) is 5.70. The molecule has 23 heavy (non-hydrogen) atoms. The summed E-state index contributed by atoms with van der Waals surface area (Å²) in [5, 5.41) is 15.3. The lowest BCUT2D eigenvalue weighted by Crippen LogP contribution is -3.00. The molecule has 0 amide bonds. The van der Waals surface area contributed by atoms with Gasteiger partial charge in [-0.25, -0.2) is 0 Å². The first-order chi connectivity index (χ1) is 10.4. The van der Waals surface area contributed by atoms with Crippen LogP contribution in [-0.4, -0.2) is 42.6 Å². The fraction of sp³-hybridized carbons (Fsp3) is 0.722. The van der Waals surface area contributed by atoms with Crippen LogP contribution in [0.5, 0.6) is 0 Å². The van der Waals surface area contributed by atoms with Crippen molar-refractivity contribution in [3.8, 4) is 0 Å². The molecule has 3 rings (SSSR count). The van der Waals surface area contributed by atoms with Gasteiger partial charge in [0.1, 0.15) is 0 Å². The number of rotatable bonds is 5. The molecule has 130 valence electrons. The molecule has 3 nitrogen and oxygen atoms in total. The third kappa shape index (κ3) is 3.99. The summed E-state index contributed by atoms with van der Waals surface area (Å²) in [5.74, 6) is 0.595. The fourth-order valence-electron chi connectivity index (χ4n) is 4.45. The summed E-state index contributed by atoms with van der Waals surface area (Å²) in [6.07, 6.45) is 5.86. The highest BCUT2D eigenvalue weighted by atomic mass is 127. The Morgan fingerprint density at radius 3 is 2.57 bits per heavy atom. The first kappa shape index (κ1) is 19.3. The smallest absolute Gasteiger partial charge is 0.169 e. The van der Waals surface area contributed by atoms with E-state index in [2.05, 4.69) is 14.1 Å². The predicted molar refractivity (Wildman–Crippen MR) is 89.7 cm³/mol. The number of carbonyl (C=O) groups excluding carboxylic acids is 1. The number of aliphatic hydroxyl groups is 1. The van der Waals surface area contributed by atoms with Crippen LogP contribution in [0.4, 0.5) is 0 Å². The second-order valence-electron chi connectivity index (χ2n) is 7.88. The summed E-state index contributed by atoms with van der Waals surface area (Å²) in [4.78, 5) is 13.1. The Labute approximate surface area is 160 Å². The Morgan fingerprint density at radius 2 is 2.04 bits per heavy atom. The molecule has 1 aliphatic carbocycles. The topological polar surface area (TPSA) is 37.3 Å². The van der Waals surface area contributed by atoms with E-state index in [1.807, 2.05) is 16.8 Å². The van der Waals surface area contributed by atoms with Crippen LogP contribution in [0.3, 0.4) is 0 Å². The van der Waals surface area contributed by atoms with Gasteiger partial charge in [-0.3, -0.25) is 4.79 Å². The van der Waals surface area contributed by atoms with Crippen LogP contribution in [0.25, 0.3) is 0 Å². The van der Waals surface area contributed by atoms with Crippen LogP contribution < -0.4 is 24.0 Å². The van der Waals surface area contributed by atoms with E-state index >= 15 is 0 Å². The number of carbonyl (C=O) groups is 1. The molecule has 5 heteroatoms. The Hall–Kier alpha value is 0.0200. The molecule has 0 bridgehead atoms. The van der Waals surface area contributed by atoms with Crippen molar-refractivity contribution in [1.29, 1.82) is 0 Å². The van der Waals surface area contributed by atoms with Gasteiger partial charge in [0.25, 0.3) is 0 Å². The van der Waals surface area contributed by atoms with Crippen LogP contribution >= 0.6 is 11.3 Å². The number of hydrogen-bond acceptors (Lipinski definition) is 3. The molecule has 1 aromatic heterocycles. The number of Topliss-reactive ketones (excluding diaryl/α,β-unsaturated/α-hetero) is 1. The van der Waals surface area contributed by atoms with Crippen molar-refractivity contribution in [2.24, 2.45) is 11.8 Å². The Bertz CT molecular complexity index is 525. The van der Waals surface area contributed by atoms with Crippen molar-refractivity contribution in [1.82, 2.24) is 0 Å². The summed E-state index contributed by atoms with van der Waals surface area (Å²) in [7, 11) is 4.46. The molecule has 0 radical (unpaired) electrons. The van der Waals surface area contributed by atoms with E-state index in [4.69, 9.17) is 0 Å². The maximum Gasteiger partial charge on any atom is 0.169 e. The second-order valence-corrected chi connectivity index (χ2v) is 8.66. The van der Waals surface area contributed by atoms with Gasteiger partial charge in [0, 0.05) is 24.3 Å². The van der Waals surface area contributed by atoms with E-state index in [1.165, 1.54) is 0 Å². The second kappa shape index (κ2) is 7.50. The van der Waals surface area contributed by atoms with E-state index in [0.717, 1.165) is 55.2 Å². The maximum absolute atomic E-state index is 13.1. The molecule has 1 saturated carbocycles. The molecule has 1 aromatic rings.